The number of halogens is 3. The summed E-state index contributed by atoms with van der Waals surface area (Å²) in [6.45, 7) is 2.49. The van der Waals surface area contributed by atoms with Crippen LogP contribution < -0.4 is 15.4 Å². The van der Waals surface area contributed by atoms with E-state index in [9.17, 15) is 22.8 Å². The standard InChI is InChI=1S/C20H22F3N5O3/c1-13-12-31-9-8-26(13)17-10-18(30)27-7-5-16(20(21,22)23)28(19(27)25-17)11-15(29)14-4-2-3-6-24-14/h2-4,6,10,13,16H,5,7-9,11-12H2,1H3/t13-,16+/m1/s1. The quantitative estimate of drug-likeness (QED) is 0.676. The second kappa shape index (κ2) is 8.29. The molecule has 1 fully saturated rings. The molecule has 1 saturated heterocycles. The largest absolute Gasteiger partial charge is 0.408 e. The highest BCUT2D eigenvalue weighted by molar-refractivity contribution is 5.97. The molecule has 2 aliphatic heterocycles. The minimum atomic E-state index is -4.59. The maximum Gasteiger partial charge on any atom is 0.408 e. The van der Waals surface area contributed by atoms with E-state index in [1.54, 1.807) is 12.1 Å². The van der Waals surface area contributed by atoms with E-state index in [2.05, 4.69) is 9.97 Å². The predicted molar refractivity (Wildman–Crippen MR) is 106 cm³/mol. The Balaban J connectivity index is 1.76. The fourth-order valence-electron chi connectivity index (χ4n) is 3.96. The second-order valence-corrected chi connectivity index (χ2v) is 7.63. The Bertz CT molecular complexity index is 1010. The molecule has 0 spiro atoms. The molecule has 4 heterocycles. The highest BCUT2D eigenvalue weighted by Gasteiger charge is 2.47. The number of rotatable bonds is 4. The summed E-state index contributed by atoms with van der Waals surface area (Å²) in [4.78, 5) is 36.5. The number of anilines is 2. The maximum absolute atomic E-state index is 13.8. The van der Waals surface area contributed by atoms with Crippen molar-refractivity contribution < 1.29 is 22.7 Å². The number of Topliss-reactive ketones (excluding diaryl/α,β-unsaturated/α-hetero) is 1. The Morgan fingerprint density at radius 2 is 2.10 bits per heavy atom. The SMILES string of the molecule is C[C@@H]1COCCN1c1cc(=O)n2c(n1)N(CC(=O)c1ccccn1)[C@H](C(F)(F)F)CC2. The predicted octanol–water partition coefficient (Wildman–Crippen LogP) is 1.89. The van der Waals surface area contributed by atoms with Crippen molar-refractivity contribution in [3.05, 3.63) is 46.5 Å². The van der Waals surface area contributed by atoms with Crippen LogP contribution in [-0.2, 0) is 11.3 Å². The Kier molecular flexibility index (Phi) is 5.69. The lowest BCUT2D eigenvalue weighted by molar-refractivity contribution is -0.152. The van der Waals surface area contributed by atoms with Gasteiger partial charge in [0.15, 0.2) is 5.78 Å². The highest BCUT2D eigenvalue weighted by Crippen LogP contribution is 2.34. The van der Waals surface area contributed by atoms with Crippen molar-refractivity contribution >= 4 is 17.5 Å². The van der Waals surface area contributed by atoms with Crippen LogP contribution in [0.25, 0.3) is 0 Å². The number of alkyl halides is 3. The zero-order valence-corrected chi connectivity index (χ0v) is 16.9. The normalized spacial score (nSPS) is 21.7. The van der Waals surface area contributed by atoms with Gasteiger partial charge in [-0.1, -0.05) is 6.07 Å². The van der Waals surface area contributed by atoms with Gasteiger partial charge in [0.1, 0.15) is 17.6 Å². The number of hydrogen-bond donors (Lipinski definition) is 0. The summed E-state index contributed by atoms with van der Waals surface area (Å²) in [5, 5.41) is 0. The van der Waals surface area contributed by atoms with E-state index in [1.807, 2.05) is 11.8 Å². The lowest BCUT2D eigenvalue weighted by atomic mass is 10.1. The fourth-order valence-corrected chi connectivity index (χ4v) is 3.96. The average Bonchev–Trinajstić information content (AvgIpc) is 2.74. The van der Waals surface area contributed by atoms with Gasteiger partial charge in [-0.2, -0.15) is 18.2 Å². The summed E-state index contributed by atoms with van der Waals surface area (Å²) >= 11 is 0. The molecule has 0 saturated carbocycles. The van der Waals surface area contributed by atoms with E-state index in [0.29, 0.717) is 19.8 Å². The molecule has 166 valence electrons. The lowest BCUT2D eigenvalue weighted by Gasteiger charge is -2.40. The van der Waals surface area contributed by atoms with Gasteiger partial charge in [-0.15, -0.1) is 0 Å². The number of hydrogen-bond acceptors (Lipinski definition) is 7. The minimum absolute atomic E-state index is 0.0563. The first kappa shape index (κ1) is 21.3. The first-order valence-electron chi connectivity index (χ1n) is 9.99. The number of carbonyl (C=O) groups is 1. The molecule has 2 aromatic rings. The Morgan fingerprint density at radius 3 is 2.77 bits per heavy atom. The monoisotopic (exact) mass is 437 g/mol. The first-order chi connectivity index (χ1) is 14.8. The molecule has 0 unspecified atom stereocenters. The Hall–Kier alpha value is -2.95. The van der Waals surface area contributed by atoms with Crippen molar-refractivity contribution in [1.82, 2.24) is 14.5 Å². The Labute approximate surface area is 176 Å². The summed E-state index contributed by atoms with van der Waals surface area (Å²) in [6, 6.07) is 3.96. The molecule has 31 heavy (non-hydrogen) atoms. The van der Waals surface area contributed by atoms with Crippen LogP contribution in [0.15, 0.2) is 35.3 Å². The first-order valence-corrected chi connectivity index (χ1v) is 9.99. The molecule has 0 N–H and O–H groups in total. The van der Waals surface area contributed by atoms with Gasteiger partial charge in [0.2, 0.25) is 5.95 Å². The van der Waals surface area contributed by atoms with Crippen LogP contribution in [0.2, 0.25) is 0 Å². The van der Waals surface area contributed by atoms with Crippen LogP contribution in [0.1, 0.15) is 23.8 Å². The second-order valence-electron chi connectivity index (χ2n) is 7.63. The average molecular weight is 437 g/mol. The van der Waals surface area contributed by atoms with Crippen LogP contribution in [0.3, 0.4) is 0 Å². The van der Waals surface area contributed by atoms with Crippen LogP contribution in [-0.4, -0.2) is 64.9 Å². The third-order valence-electron chi connectivity index (χ3n) is 5.54. The molecule has 8 nitrogen and oxygen atoms in total. The maximum atomic E-state index is 13.8. The molecule has 0 amide bonds. The van der Waals surface area contributed by atoms with Gasteiger partial charge in [-0.3, -0.25) is 19.1 Å². The molecular weight excluding hydrogens is 415 g/mol. The minimum Gasteiger partial charge on any atom is -0.377 e. The molecule has 0 bridgehead atoms. The summed E-state index contributed by atoms with van der Waals surface area (Å²) in [7, 11) is 0. The van der Waals surface area contributed by atoms with E-state index >= 15 is 0 Å². The van der Waals surface area contributed by atoms with Gasteiger partial charge in [-0.05, 0) is 25.5 Å². The summed E-state index contributed by atoms with van der Waals surface area (Å²) in [6.07, 6.45) is -3.53. The van der Waals surface area contributed by atoms with Crippen molar-refractivity contribution in [3.63, 3.8) is 0 Å². The molecule has 0 aliphatic carbocycles. The van der Waals surface area contributed by atoms with Gasteiger partial charge in [0, 0.05) is 25.4 Å². The number of nitrogens with zero attached hydrogens (tertiary/aromatic N) is 5. The molecular formula is C20H22F3N5O3. The summed E-state index contributed by atoms with van der Waals surface area (Å²) in [5.74, 6) is -0.452. The van der Waals surface area contributed by atoms with Gasteiger partial charge in [-0.25, -0.2) is 0 Å². The van der Waals surface area contributed by atoms with Crippen molar-refractivity contribution in [2.24, 2.45) is 0 Å². The van der Waals surface area contributed by atoms with Gasteiger partial charge < -0.3 is 14.5 Å². The van der Waals surface area contributed by atoms with Crippen molar-refractivity contribution in [2.45, 2.75) is 38.1 Å². The number of ether oxygens (including phenoxy) is 1. The van der Waals surface area contributed by atoms with E-state index < -0.39 is 30.1 Å². The zero-order valence-electron chi connectivity index (χ0n) is 16.9. The van der Waals surface area contributed by atoms with Crippen LogP contribution in [0.4, 0.5) is 24.9 Å². The third-order valence-corrected chi connectivity index (χ3v) is 5.54. The number of carbonyl (C=O) groups excluding carboxylic acids is 1. The number of aromatic nitrogens is 3. The topological polar surface area (TPSA) is 80.6 Å². The van der Waals surface area contributed by atoms with E-state index in [0.717, 1.165) is 4.90 Å². The number of ketones is 1. The molecule has 4 rings (SSSR count). The van der Waals surface area contributed by atoms with Crippen LogP contribution in [0.5, 0.6) is 0 Å². The lowest BCUT2D eigenvalue weighted by Crippen LogP contribution is -2.54. The molecule has 0 aromatic carbocycles. The smallest absolute Gasteiger partial charge is 0.377 e. The summed E-state index contributed by atoms with van der Waals surface area (Å²) < 4.78 is 48.1. The molecule has 2 atom stereocenters. The Morgan fingerprint density at radius 1 is 1.29 bits per heavy atom. The van der Waals surface area contributed by atoms with E-state index in [1.165, 1.54) is 22.9 Å². The fraction of sp³-hybridized carbons (Fsp3) is 0.500. The van der Waals surface area contributed by atoms with Gasteiger partial charge in [0.25, 0.3) is 5.56 Å². The third kappa shape index (κ3) is 4.27. The molecule has 2 aromatic heterocycles. The zero-order chi connectivity index (χ0) is 22.2. The number of pyridine rings is 1. The molecule has 2 aliphatic rings. The van der Waals surface area contributed by atoms with Crippen LogP contribution >= 0.6 is 0 Å². The molecule has 0 radical (unpaired) electrons. The van der Waals surface area contributed by atoms with Gasteiger partial charge >= 0.3 is 6.18 Å². The van der Waals surface area contributed by atoms with Crippen molar-refractivity contribution in [3.8, 4) is 0 Å². The van der Waals surface area contributed by atoms with E-state index in [4.69, 9.17) is 4.74 Å². The summed E-state index contributed by atoms with van der Waals surface area (Å²) in [5.41, 5.74) is -0.393. The number of fused-ring (bicyclic) bond motifs is 1. The number of morpholine rings is 1. The highest BCUT2D eigenvalue weighted by atomic mass is 19.4. The van der Waals surface area contributed by atoms with E-state index in [-0.39, 0.29) is 36.5 Å². The van der Waals surface area contributed by atoms with Crippen molar-refractivity contribution in [1.29, 1.82) is 0 Å². The van der Waals surface area contributed by atoms with Crippen LogP contribution in [0, 0.1) is 0 Å². The molecule has 11 heteroatoms. The van der Waals surface area contributed by atoms with Crippen molar-refractivity contribution in [2.75, 3.05) is 36.1 Å². The van der Waals surface area contributed by atoms with Gasteiger partial charge in [0.05, 0.1) is 25.8 Å².